The van der Waals surface area contributed by atoms with E-state index in [1.165, 1.54) is 12.8 Å². The zero-order valence-corrected chi connectivity index (χ0v) is 11.2. The van der Waals surface area contributed by atoms with Crippen LogP contribution in [0.1, 0.15) is 32.1 Å². The van der Waals surface area contributed by atoms with Gasteiger partial charge in [-0.2, -0.15) is 0 Å². The van der Waals surface area contributed by atoms with E-state index >= 15 is 0 Å². The minimum absolute atomic E-state index is 0.0428. The monoisotopic (exact) mass is 278 g/mol. The largest absolute Gasteiger partial charge is 0.375 e. The highest BCUT2D eigenvalue weighted by Gasteiger charge is 2.24. The molecule has 3 N–H and O–H groups in total. The number of nitrogens with two attached hydrogens (primary N) is 1. The first-order chi connectivity index (χ1) is 9.13. The molecule has 4 nitrogen and oxygen atoms in total. The number of nitrogens with one attached hydrogen (secondary N) is 1. The van der Waals surface area contributed by atoms with Gasteiger partial charge in [-0.25, -0.2) is 8.78 Å². The number of amides is 1. The Morgan fingerprint density at radius 2 is 2.00 bits per heavy atom. The molecule has 0 aliphatic heterocycles. The number of hydrogen-bond donors (Lipinski definition) is 2. The van der Waals surface area contributed by atoms with Crippen LogP contribution in [0.3, 0.4) is 0 Å². The molecular weight excluding hydrogens is 254 g/mol. The van der Waals surface area contributed by atoms with E-state index in [4.69, 9.17) is 5.73 Å². The van der Waals surface area contributed by atoms with Gasteiger partial charge in [-0.1, -0.05) is 12.8 Å². The molecule has 19 heavy (non-hydrogen) atoms. The Labute approximate surface area is 113 Å². The molecule has 0 bridgehead atoms. The second-order valence-corrected chi connectivity index (χ2v) is 5.06. The molecule has 0 saturated heterocycles. The fourth-order valence-electron chi connectivity index (χ4n) is 2.53. The van der Waals surface area contributed by atoms with Crippen LogP contribution >= 0.6 is 0 Å². The summed E-state index contributed by atoms with van der Waals surface area (Å²) in [7, 11) is 0. The molecule has 1 amide bonds. The molecular formula is C13H24F2N2O2. The summed E-state index contributed by atoms with van der Waals surface area (Å²) in [6.45, 7) is 0.736. The fraction of sp³-hybridized carbons (Fsp3) is 0.923. The van der Waals surface area contributed by atoms with Crippen LogP contribution in [0.4, 0.5) is 8.78 Å². The van der Waals surface area contributed by atoms with E-state index in [0.29, 0.717) is 24.9 Å². The normalized spacial score (nSPS) is 23.6. The number of rotatable bonds is 8. The molecule has 1 fully saturated rings. The number of carbonyl (C=O) groups is 1. The molecule has 0 radical (unpaired) electrons. The van der Waals surface area contributed by atoms with Crippen molar-refractivity contribution in [3.8, 4) is 0 Å². The predicted molar refractivity (Wildman–Crippen MR) is 69.0 cm³/mol. The number of ether oxygens (including phenoxy) is 1. The number of halogens is 2. The Hall–Kier alpha value is -0.750. The van der Waals surface area contributed by atoms with Gasteiger partial charge in [0.2, 0.25) is 5.91 Å². The molecule has 2 atom stereocenters. The van der Waals surface area contributed by atoms with Crippen molar-refractivity contribution in [2.75, 3.05) is 26.3 Å². The van der Waals surface area contributed by atoms with Gasteiger partial charge in [-0.3, -0.25) is 4.79 Å². The maximum Gasteiger partial charge on any atom is 0.261 e. The lowest BCUT2D eigenvalue weighted by Gasteiger charge is -2.30. The molecule has 0 aromatic rings. The average Bonchev–Trinajstić information content (AvgIpc) is 2.41. The molecule has 0 spiro atoms. The summed E-state index contributed by atoms with van der Waals surface area (Å²) in [5.74, 6) is 0.796. The van der Waals surface area contributed by atoms with E-state index in [9.17, 15) is 13.6 Å². The second kappa shape index (κ2) is 9.20. The van der Waals surface area contributed by atoms with Crippen molar-refractivity contribution < 1.29 is 18.3 Å². The highest BCUT2D eigenvalue weighted by molar-refractivity contribution is 5.75. The fourth-order valence-corrected chi connectivity index (χ4v) is 2.53. The van der Waals surface area contributed by atoms with E-state index < -0.39 is 13.0 Å². The Morgan fingerprint density at radius 3 is 2.63 bits per heavy atom. The third-order valence-electron chi connectivity index (χ3n) is 3.65. The molecule has 112 valence electrons. The summed E-state index contributed by atoms with van der Waals surface area (Å²) < 4.78 is 28.3. The van der Waals surface area contributed by atoms with Crippen molar-refractivity contribution in [1.82, 2.24) is 5.32 Å². The maximum absolute atomic E-state index is 11.8. The van der Waals surface area contributed by atoms with Crippen molar-refractivity contribution in [3.05, 3.63) is 0 Å². The van der Waals surface area contributed by atoms with Gasteiger partial charge in [0.1, 0.15) is 6.61 Å². The smallest absolute Gasteiger partial charge is 0.261 e. The Balaban J connectivity index is 2.11. The lowest BCUT2D eigenvalue weighted by atomic mass is 9.79. The van der Waals surface area contributed by atoms with Gasteiger partial charge in [-0.05, 0) is 31.2 Å². The van der Waals surface area contributed by atoms with Crippen LogP contribution in [0.2, 0.25) is 0 Å². The number of alkyl halides is 2. The first-order valence-electron chi connectivity index (χ1n) is 6.96. The van der Waals surface area contributed by atoms with Crippen LogP contribution in [0.5, 0.6) is 0 Å². The summed E-state index contributed by atoms with van der Waals surface area (Å²) in [5.41, 5.74) is 5.72. The van der Waals surface area contributed by atoms with Gasteiger partial charge in [0.15, 0.2) is 0 Å². The van der Waals surface area contributed by atoms with E-state index in [1.807, 2.05) is 0 Å². The highest BCUT2D eigenvalue weighted by atomic mass is 19.3. The molecule has 1 aliphatic rings. The van der Waals surface area contributed by atoms with Gasteiger partial charge >= 0.3 is 0 Å². The zero-order valence-electron chi connectivity index (χ0n) is 11.2. The van der Waals surface area contributed by atoms with Crippen molar-refractivity contribution in [2.24, 2.45) is 17.6 Å². The minimum atomic E-state index is -2.48. The summed E-state index contributed by atoms with van der Waals surface area (Å²) in [4.78, 5) is 11.5. The second-order valence-electron chi connectivity index (χ2n) is 5.06. The van der Waals surface area contributed by atoms with Crippen LogP contribution in [-0.2, 0) is 9.53 Å². The minimum Gasteiger partial charge on any atom is -0.375 e. The average molecular weight is 278 g/mol. The van der Waals surface area contributed by atoms with Crippen molar-refractivity contribution in [1.29, 1.82) is 0 Å². The topological polar surface area (TPSA) is 64.3 Å². The highest BCUT2D eigenvalue weighted by Crippen LogP contribution is 2.28. The van der Waals surface area contributed by atoms with Crippen LogP contribution in [0.25, 0.3) is 0 Å². The number of carbonyl (C=O) groups excluding carboxylic acids is 1. The maximum atomic E-state index is 11.8. The van der Waals surface area contributed by atoms with E-state index in [1.54, 1.807) is 0 Å². The molecule has 0 heterocycles. The molecule has 0 aromatic carbocycles. The number of hydrogen-bond acceptors (Lipinski definition) is 3. The Kier molecular flexibility index (Phi) is 7.90. The summed E-state index contributed by atoms with van der Waals surface area (Å²) in [6, 6.07) is 0. The third-order valence-corrected chi connectivity index (χ3v) is 3.65. The summed E-state index contributed by atoms with van der Waals surface area (Å²) in [5, 5.41) is 2.84. The summed E-state index contributed by atoms with van der Waals surface area (Å²) in [6.07, 6.45) is 2.30. The molecule has 2 unspecified atom stereocenters. The van der Waals surface area contributed by atoms with Gasteiger partial charge in [0, 0.05) is 13.0 Å². The van der Waals surface area contributed by atoms with Crippen LogP contribution in [-0.4, -0.2) is 38.6 Å². The molecule has 6 heteroatoms. The molecule has 1 saturated carbocycles. The predicted octanol–water partition coefficient (Wildman–Crippen LogP) is 1.54. The van der Waals surface area contributed by atoms with Crippen LogP contribution < -0.4 is 11.1 Å². The molecule has 1 aliphatic carbocycles. The lowest BCUT2D eigenvalue weighted by Crippen LogP contribution is -2.37. The lowest BCUT2D eigenvalue weighted by molar-refractivity contribution is -0.122. The van der Waals surface area contributed by atoms with Crippen molar-refractivity contribution in [2.45, 2.75) is 38.5 Å². The zero-order chi connectivity index (χ0) is 14.1. The van der Waals surface area contributed by atoms with E-state index in [2.05, 4.69) is 10.1 Å². The van der Waals surface area contributed by atoms with Crippen LogP contribution in [0.15, 0.2) is 0 Å². The van der Waals surface area contributed by atoms with Gasteiger partial charge in [-0.15, -0.1) is 0 Å². The Morgan fingerprint density at radius 1 is 1.32 bits per heavy atom. The van der Waals surface area contributed by atoms with E-state index in [0.717, 1.165) is 12.8 Å². The van der Waals surface area contributed by atoms with Crippen molar-refractivity contribution >= 4 is 5.91 Å². The Bertz CT molecular complexity index is 265. The molecule has 0 aromatic heterocycles. The first-order valence-corrected chi connectivity index (χ1v) is 6.96. The van der Waals surface area contributed by atoms with Gasteiger partial charge < -0.3 is 15.8 Å². The quantitative estimate of drug-likeness (QED) is 0.662. The summed E-state index contributed by atoms with van der Waals surface area (Å²) >= 11 is 0. The third kappa shape index (κ3) is 6.82. The van der Waals surface area contributed by atoms with Gasteiger partial charge in [0.05, 0.1) is 6.61 Å². The van der Waals surface area contributed by atoms with Crippen LogP contribution in [0, 0.1) is 11.8 Å². The first kappa shape index (κ1) is 16.3. The SMILES string of the molecule is NCC1CCCCC1CNC(=O)CCOCC(F)F. The molecule has 1 rings (SSSR count). The van der Waals surface area contributed by atoms with Gasteiger partial charge in [0.25, 0.3) is 6.43 Å². The standard InChI is InChI=1S/C13H24F2N2O2/c14-12(15)9-19-6-5-13(18)17-8-11-4-2-1-3-10(11)7-16/h10-12H,1-9,16H2,(H,17,18). The van der Waals surface area contributed by atoms with E-state index in [-0.39, 0.29) is 18.9 Å². The van der Waals surface area contributed by atoms with Crippen molar-refractivity contribution in [3.63, 3.8) is 0 Å².